The lowest BCUT2D eigenvalue weighted by atomic mass is 9.99. The van der Waals surface area contributed by atoms with Gasteiger partial charge in [-0.15, -0.1) is 0 Å². The first-order valence-corrected chi connectivity index (χ1v) is 8.43. The zero-order valence-corrected chi connectivity index (χ0v) is 14.1. The van der Waals surface area contributed by atoms with Crippen LogP contribution in [0.5, 0.6) is 5.88 Å². The Morgan fingerprint density at radius 3 is 2.84 bits per heavy atom. The molecule has 0 unspecified atom stereocenters. The van der Waals surface area contributed by atoms with Gasteiger partial charge in [-0.3, -0.25) is 0 Å². The minimum Gasteiger partial charge on any atom is -0.472 e. The van der Waals surface area contributed by atoms with E-state index in [0.29, 0.717) is 30.6 Å². The average molecular weight is 340 g/mol. The molecule has 0 amide bonds. The summed E-state index contributed by atoms with van der Waals surface area (Å²) in [5, 5.41) is 7.47. The first kappa shape index (κ1) is 15.8. The molecule has 0 N–H and O–H groups in total. The Morgan fingerprint density at radius 2 is 2.12 bits per heavy atom. The van der Waals surface area contributed by atoms with E-state index in [0.717, 1.165) is 30.9 Å². The fraction of sp³-hybridized carbons (Fsp3) is 0.389. The van der Waals surface area contributed by atoms with Crippen molar-refractivity contribution in [2.24, 2.45) is 0 Å². The van der Waals surface area contributed by atoms with Crippen molar-refractivity contribution in [1.82, 2.24) is 19.9 Å². The van der Waals surface area contributed by atoms with Crippen molar-refractivity contribution in [2.75, 3.05) is 19.8 Å². The van der Waals surface area contributed by atoms with Crippen LogP contribution in [0.25, 0.3) is 11.3 Å². The van der Waals surface area contributed by atoms with Gasteiger partial charge in [-0.25, -0.2) is 9.61 Å². The van der Waals surface area contributed by atoms with Crippen molar-refractivity contribution in [3.8, 4) is 17.1 Å². The maximum Gasteiger partial charge on any atom is 0.278 e. The molecule has 0 aliphatic carbocycles. The molecule has 1 fully saturated rings. The maximum atomic E-state index is 5.67. The Labute approximate surface area is 145 Å². The van der Waals surface area contributed by atoms with Gasteiger partial charge >= 0.3 is 0 Å². The molecule has 1 aromatic carbocycles. The second-order valence-corrected chi connectivity index (χ2v) is 6.10. The number of nitrogens with zero attached hydrogens (tertiary/aromatic N) is 4. The molecule has 7 heteroatoms. The van der Waals surface area contributed by atoms with Gasteiger partial charge in [0.15, 0.2) is 0 Å². The van der Waals surface area contributed by atoms with E-state index in [9.17, 15) is 0 Å². The van der Waals surface area contributed by atoms with Crippen LogP contribution in [-0.2, 0) is 11.3 Å². The number of ether oxygens (including phenoxy) is 2. The highest BCUT2D eigenvalue weighted by molar-refractivity contribution is 5.62. The van der Waals surface area contributed by atoms with Crippen molar-refractivity contribution in [1.29, 1.82) is 0 Å². The fourth-order valence-electron chi connectivity index (χ4n) is 3.16. The molecule has 1 saturated heterocycles. The summed E-state index contributed by atoms with van der Waals surface area (Å²) < 4.78 is 18.1. The van der Waals surface area contributed by atoms with E-state index in [1.807, 2.05) is 24.5 Å². The molecule has 4 rings (SSSR count). The van der Waals surface area contributed by atoms with Gasteiger partial charge in [0.05, 0.1) is 30.9 Å². The Hall–Kier alpha value is -2.67. The third-order valence-corrected chi connectivity index (χ3v) is 4.42. The third kappa shape index (κ3) is 3.28. The van der Waals surface area contributed by atoms with Crippen LogP contribution in [0.15, 0.2) is 41.3 Å². The molecule has 1 aliphatic rings. The number of aromatic nitrogens is 4. The molecule has 2 aromatic heterocycles. The summed E-state index contributed by atoms with van der Waals surface area (Å²) in [6.07, 6.45) is 2.89. The lowest BCUT2D eigenvalue weighted by Crippen LogP contribution is -2.14. The van der Waals surface area contributed by atoms with Crippen molar-refractivity contribution < 1.29 is 14.1 Å². The summed E-state index contributed by atoms with van der Waals surface area (Å²) in [5.41, 5.74) is 4.01. The van der Waals surface area contributed by atoms with Crippen LogP contribution in [0.4, 0.5) is 0 Å². The monoisotopic (exact) mass is 340 g/mol. The molecule has 3 heterocycles. The largest absolute Gasteiger partial charge is 0.472 e. The minimum atomic E-state index is 0.355. The molecule has 0 spiro atoms. The zero-order valence-electron chi connectivity index (χ0n) is 14.1. The topological polar surface area (TPSA) is 75.2 Å². The molecule has 0 saturated carbocycles. The van der Waals surface area contributed by atoms with Gasteiger partial charge in [0, 0.05) is 18.1 Å². The number of aryl methyl sites for hydroxylation is 1. The third-order valence-electron chi connectivity index (χ3n) is 4.42. The number of hydrogen-bond acceptors (Lipinski definition) is 6. The highest BCUT2D eigenvalue weighted by atomic mass is 16.6. The molecule has 0 bridgehead atoms. The highest BCUT2D eigenvalue weighted by Gasteiger charge is 2.25. The first-order chi connectivity index (χ1) is 12.3. The predicted molar refractivity (Wildman–Crippen MR) is 90.4 cm³/mol. The lowest BCUT2D eigenvalue weighted by molar-refractivity contribution is 0.192. The van der Waals surface area contributed by atoms with Crippen LogP contribution >= 0.6 is 0 Å². The van der Waals surface area contributed by atoms with Gasteiger partial charge in [-0.05, 0) is 18.5 Å². The second-order valence-electron chi connectivity index (χ2n) is 6.10. The molecule has 1 atom stereocenters. The van der Waals surface area contributed by atoms with E-state index >= 15 is 0 Å². The van der Waals surface area contributed by atoms with E-state index in [4.69, 9.17) is 9.47 Å². The molecular weight excluding hydrogens is 320 g/mol. The fourth-order valence-corrected chi connectivity index (χ4v) is 3.16. The number of rotatable bonds is 6. The Balaban J connectivity index is 1.56. The van der Waals surface area contributed by atoms with Gasteiger partial charge < -0.3 is 14.0 Å². The molecule has 7 nitrogen and oxygen atoms in total. The standard InChI is InChI=1S/C18H20N4O3/c1-13-18(21-25-20-13)24-10-8-22-12-19-16(14-5-3-2-4-6-14)17(22)15-7-9-23-11-15/h2-6,12,15H,7-11H2,1H3/t15-/m1/s1. The van der Waals surface area contributed by atoms with Crippen LogP contribution in [-0.4, -0.2) is 39.7 Å². The van der Waals surface area contributed by atoms with Crippen molar-refractivity contribution in [2.45, 2.75) is 25.8 Å². The van der Waals surface area contributed by atoms with Gasteiger partial charge in [-0.1, -0.05) is 35.5 Å². The summed E-state index contributed by atoms with van der Waals surface area (Å²) in [6, 6.07) is 10.3. The van der Waals surface area contributed by atoms with Crippen LogP contribution in [0.1, 0.15) is 23.7 Å². The van der Waals surface area contributed by atoms with Crippen molar-refractivity contribution in [3.05, 3.63) is 48.0 Å². The Bertz CT molecular complexity index is 822. The quantitative estimate of drug-likeness (QED) is 0.687. The first-order valence-electron chi connectivity index (χ1n) is 8.43. The SMILES string of the molecule is Cc1nonc1OCCn1cnc(-c2ccccc2)c1[C@@H]1CCOC1. The average Bonchev–Trinajstić information content (AvgIpc) is 3.37. The molecular formula is C18H20N4O3. The summed E-state index contributed by atoms with van der Waals surface area (Å²) in [6.45, 7) is 4.49. The summed E-state index contributed by atoms with van der Waals surface area (Å²) in [5.74, 6) is 0.794. The Kier molecular flexibility index (Phi) is 4.47. The van der Waals surface area contributed by atoms with Gasteiger partial charge in [-0.2, -0.15) is 0 Å². The van der Waals surface area contributed by atoms with E-state index in [1.165, 1.54) is 5.69 Å². The molecule has 1 aliphatic heterocycles. The molecule has 0 radical (unpaired) electrons. The molecule has 25 heavy (non-hydrogen) atoms. The van der Waals surface area contributed by atoms with E-state index in [-0.39, 0.29) is 0 Å². The van der Waals surface area contributed by atoms with Gasteiger partial charge in [0.2, 0.25) is 0 Å². The number of hydrogen-bond donors (Lipinski definition) is 0. The maximum absolute atomic E-state index is 5.67. The van der Waals surface area contributed by atoms with Crippen LogP contribution < -0.4 is 4.74 Å². The summed E-state index contributed by atoms with van der Waals surface area (Å²) >= 11 is 0. The smallest absolute Gasteiger partial charge is 0.278 e. The molecule has 130 valence electrons. The zero-order chi connectivity index (χ0) is 17.1. The summed E-state index contributed by atoms with van der Waals surface area (Å²) in [4.78, 5) is 4.67. The normalized spacial score (nSPS) is 17.1. The minimum absolute atomic E-state index is 0.355. The second kappa shape index (κ2) is 7.06. The highest BCUT2D eigenvalue weighted by Crippen LogP contribution is 2.33. The van der Waals surface area contributed by atoms with Crippen LogP contribution in [0, 0.1) is 6.92 Å². The lowest BCUT2D eigenvalue weighted by Gasteiger charge is -2.15. The summed E-state index contributed by atoms with van der Waals surface area (Å²) in [7, 11) is 0. The van der Waals surface area contributed by atoms with Crippen LogP contribution in [0.2, 0.25) is 0 Å². The Morgan fingerprint density at radius 1 is 1.24 bits per heavy atom. The predicted octanol–water partition coefficient (Wildman–Crippen LogP) is 2.82. The van der Waals surface area contributed by atoms with Crippen molar-refractivity contribution >= 4 is 0 Å². The van der Waals surface area contributed by atoms with Gasteiger partial charge in [0.25, 0.3) is 5.88 Å². The van der Waals surface area contributed by atoms with E-state index in [1.54, 1.807) is 6.92 Å². The molecule has 3 aromatic rings. The van der Waals surface area contributed by atoms with Crippen LogP contribution in [0.3, 0.4) is 0 Å². The number of imidazole rings is 1. The van der Waals surface area contributed by atoms with E-state index in [2.05, 4.69) is 36.6 Å². The van der Waals surface area contributed by atoms with Gasteiger partial charge in [0.1, 0.15) is 12.3 Å². The number of benzene rings is 1. The van der Waals surface area contributed by atoms with E-state index < -0.39 is 0 Å². The van der Waals surface area contributed by atoms with Crippen molar-refractivity contribution in [3.63, 3.8) is 0 Å².